The number of imide groups is 1. The first-order valence-corrected chi connectivity index (χ1v) is 14.9. The van der Waals surface area contributed by atoms with Crippen LogP contribution in [-0.2, 0) is 35.2 Å². The molecule has 1 aromatic carbocycles. The normalized spacial score (nSPS) is 16.0. The second kappa shape index (κ2) is 17.3. The molecule has 3 amide bonds. The molecule has 244 valence electrons. The SMILES string of the molecule is CC[C@H](C)[C@@H]([C@@H](CC(=O)OC(C)(C)C)OC)N(C)[C@H](C(=O)NC(=O)[C@H]([C@@H](C)O)N(C)C(=O)OCc1ccccc1)C(C)C. The van der Waals surface area contributed by atoms with Gasteiger partial charge >= 0.3 is 12.1 Å². The highest BCUT2D eigenvalue weighted by Gasteiger charge is 2.41. The van der Waals surface area contributed by atoms with E-state index in [0.29, 0.717) is 0 Å². The summed E-state index contributed by atoms with van der Waals surface area (Å²) in [5, 5.41) is 12.8. The summed E-state index contributed by atoms with van der Waals surface area (Å²) in [6, 6.07) is 6.49. The summed E-state index contributed by atoms with van der Waals surface area (Å²) in [5.74, 6) is -2.08. The maximum Gasteiger partial charge on any atom is 0.410 e. The van der Waals surface area contributed by atoms with E-state index in [1.54, 1.807) is 40.0 Å². The number of ether oxygens (including phenoxy) is 3. The topological polar surface area (TPSA) is 135 Å². The van der Waals surface area contributed by atoms with Gasteiger partial charge in [0.25, 0.3) is 5.91 Å². The monoisotopic (exact) mass is 607 g/mol. The summed E-state index contributed by atoms with van der Waals surface area (Å²) in [7, 11) is 4.62. The van der Waals surface area contributed by atoms with E-state index < -0.39 is 53.8 Å². The number of likely N-dealkylation sites (N-methyl/N-ethyl adjacent to an activating group) is 2. The Morgan fingerprint density at radius 2 is 1.51 bits per heavy atom. The van der Waals surface area contributed by atoms with Gasteiger partial charge in [0, 0.05) is 20.2 Å². The lowest BCUT2D eigenvalue weighted by Gasteiger charge is -2.42. The summed E-state index contributed by atoms with van der Waals surface area (Å²) in [4.78, 5) is 55.3. The minimum atomic E-state index is -1.38. The molecule has 0 spiro atoms. The molecule has 0 aliphatic heterocycles. The van der Waals surface area contributed by atoms with E-state index in [0.717, 1.165) is 16.9 Å². The molecule has 0 aromatic heterocycles. The highest BCUT2D eigenvalue weighted by atomic mass is 16.6. The minimum absolute atomic E-state index is 0.0119. The van der Waals surface area contributed by atoms with Gasteiger partial charge in [-0.3, -0.25) is 29.5 Å². The number of methoxy groups -OCH3 is 1. The van der Waals surface area contributed by atoms with Crippen molar-refractivity contribution in [1.29, 1.82) is 0 Å². The Kier molecular flexibility index (Phi) is 15.3. The van der Waals surface area contributed by atoms with Gasteiger partial charge in [-0.05, 0) is 52.1 Å². The average Bonchev–Trinajstić information content (AvgIpc) is 2.90. The van der Waals surface area contributed by atoms with Gasteiger partial charge < -0.3 is 19.3 Å². The molecular formula is C32H53N3O8. The van der Waals surface area contributed by atoms with Crippen LogP contribution < -0.4 is 5.32 Å². The number of aliphatic hydroxyl groups is 1. The van der Waals surface area contributed by atoms with Crippen LogP contribution in [-0.4, -0.2) is 95.9 Å². The Bertz CT molecular complexity index is 1040. The van der Waals surface area contributed by atoms with Gasteiger partial charge in [0.05, 0.1) is 24.7 Å². The Morgan fingerprint density at radius 1 is 0.953 bits per heavy atom. The Labute approximate surface area is 257 Å². The summed E-state index contributed by atoms with van der Waals surface area (Å²) in [6.07, 6.45) is -1.98. The molecule has 0 heterocycles. The number of carbonyl (C=O) groups excluding carboxylic acids is 4. The van der Waals surface area contributed by atoms with Crippen molar-refractivity contribution in [3.8, 4) is 0 Å². The van der Waals surface area contributed by atoms with Crippen LogP contribution in [0.1, 0.15) is 73.8 Å². The van der Waals surface area contributed by atoms with Gasteiger partial charge in [-0.2, -0.15) is 0 Å². The number of aliphatic hydroxyl groups excluding tert-OH is 1. The fourth-order valence-electron chi connectivity index (χ4n) is 5.23. The molecule has 11 heteroatoms. The van der Waals surface area contributed by atoms with E-state index in [1.807, 2.05) is 50.8 Å². The molecule has 0 saturated heterocycles. The summed E-state index contributed by atoms with van der Waals surface area (Å²) < 4.78 is 16.6. The van der Waals surface area contributed by atoms with E-state index in [4.69, 9.17) is 14.2 Å². The number of carbonyl (C=O) groups is 4. The van der Waals surface area contributed by atoms with E-state index in [2.05, 4.69) is 5.32 Å². The molecule has 1 aromatic rings. The van der Waals surface area contributed by atoms with Gasteiger partial charge in [-0.1, -0.05) is 64.4 Å². The first-order chi connectivity index (χ1) is 19.9. The van der Waals surface area contributed by atoms with Crippen molar-refractivity contribution in [1.82, 2.24) is 15.1 Å². The summed E-state index contributed by atoms with van der Waals surface area (Å²) in [5.41, 5.74) is 0.104. The molecule has 0 aliphatic carbocycles. The molecule has 0 fully saturated rings. The van der Waals surface area contributed by atoms with Crippen LogP contribution in [0.25, 0.3) is 0 Å². The smallest absolute Gasteiger partial charge is 0.410 e. The molecule has 0 saturated carbocycles. The predicted octanol–water partition coefficient (Wildman–Crippen LogP) is 3.77. The molecule has 0 aliphatic rings. The van der Waals surface area contributed by atoms with Crippen molar-refractivity contribution in [3.63, 3.8) is 0 Å². The Hall–Kier alpha value is -3.02. The van der Waals surface area contributed by atoms with E-state index in [9.17, 15) is 24.3 Å². The summed E-state index contributed by atoms with van der Waals surface area (Å²) in [6.45, 7) is 14.5. The van der Waals surface area contributed by atoms with Crippen LogP contribution in [0.4, 0.5) is 4.79 Å². The van der Waals surface area contributed by atoms with Crippen LogP contribution >= 0.6 is 0 Å². The van der Waals surface area contributed by atoms with Crippen molar-refractivity contribution in [3.05, 3.63) is 35.9 Å². The second-order valence-electron chi connectivity index (χ2n) is 12.5. The highest BCUT2D eigenvalue weighted by Crippen LogP contribution is 2.26. The summed E-state index contributed by atoms with van der Waals surface area (Å²) >= 11 is 0. The fourth-order valence-corrected chi connectivity index (χ4v) is 5.23. The van der Waals surface area contributed by atoms with Crippen LogP contribution in [0.15, 0.2) is 30.3 Å². The first kappa shape index (κ1) is 38.0. The molecule has 11 nitrogen and oxygen atoms in total. The maximum absolute atomic E-state index is 13.7. The maximum atomic E-state index is 13.7. The van der Waals surface area contributed by atoms with E-state index in [-0.39, 0.29) is 30.9 Å². The molecule has 0 unspecified atom stereocenters. The third kappa shape index (κ3) is 11.9. The number of amides is 3. The third-order valence-corrected chi connectivity index (χ3v) is 7.39. The lowest BCUT2D eigenvalue weighted by molar-refractivity contribution is -0.159. The second-order valence-corrected chi connectivity index (χ2v) is 12.5. The molecule has 6 atom stereocenters. The van der Waals surface area contributed by atoms with Gasteiger partial charge in [0.1, 0.15) is 18.2 Å². The molecule has 0 radical (unpaired) electrons. The number of nitrogens with zero attached hydrogens (tertiary/aromatic N) is 2. The fraction of sp³-hybridized carbons (Fsp3) is 0.688. The Morgan fingerprint density at radius 3 is 1.98 bits per heavy atom. The molecule has 0 bridgehead atoms. The molecule has 1 rings (SSSR count). The van der Waals surface area contributed by atoms with Crippen LogP contribution in [0, 0.1) is 11.8 Å². The van der Waals surface area contributed by atoms with Gasteiger partial charge in [-0.15, -0.1) is 0 Å². The molecular weight excluding hydrogens is 554 g/mol. The highest BCUT2D eigenvalue weighted by molar-refractivity contribution is 6.01. The quantitative estimate of drug-likeness (QED) is 0.286. The van der Waals surface area contributed by atoms with Crippen molar-refractivity contribution >= 4 is 23.9 Å². The minimum Gasteiger partial charge on any atom is -0.460 e. The number of hydrogen-bond acceptors (Lipinski definition) is 9. The first-order valence-electron chi connectivity index (χ1n) is 14.9. The van der Waals surface area contributed by atoms with E-state index in [1.165, 1.54) is 21.1 Å². The van der Waals surface area contributed by atoms with Crippen LogP contribution in [0.5, 0.6) is 0 Å². The third-order valence-electron chi connectivity index (χ3n) is 7.39. The van der Waals surface area contributed by atoms with E-state index >= 15 is 0 Å². The molecule has 43 heavy (non-hydrogen) atoms. The lowest BCUT2D eigenvalue weighted by Crippen LogP contribution is -2.61. The van der Waals surface area contributed by atoms with Crippen molar-refractivity contribution in [2.24, 2.45) is 11.8 Å². The van der Waals surface area contributed by atoms with Crippen LogP contribution in [0.2, 0.25) is 0 Å². The van der Waals surface area contributed by atoms with Gasteiger partial charge in [0.2, 0.25) is 5.91 Å². The van der Waals surface area contributed by atoms with Gasteiger partial charge in [0.15, 0.2) is 0 Å². The number of esters is 1. The van der Waals surface area contributed by atoms with Gasteiger partial charge in [-0.25, -0.2) is 4.79 Å². The number of nitrogens with one attached hydrogen (secondary N) is 1. The predicted molar refractivity (Wildman–Crippen MR) is 164 cm³/mol. The van der Waals surface area contributed by atoms with Crippen molar-refractivity contribution < 1.29 is 38.5 Å². The largest absolute Gasteiger partial charge is 0.460 e. The average molecular weight is 608 g/mol. The van der Waals surface area contributed by atoms with Crippen molar-refractivity contribution in [2.45, 2.75) is 111 Å². The lowest BCUT2D eigenvalue weighted by atomic mass is 9.88. The van der Waals surface area contributed by atoms with Crippen molar-refractivity contribution in [2.75, 3.05) is 21.2 Å². The number of rotatable bonds is 15. The zero-order valence-corrected chi connectivity index (χ0v) is 27.7. The molecule has 2 N–H and O–H groups in total. The Balaban J connectivity index is 3.16. The number of hydrogen-bond donors (Lipinski definition) is 2. The number of benzene rings is 1. The zero-order valence-electron chi connectivity index (χ0n) is 27.7. The van der Waals surface area contributed by atoms with Crippen LogP contribution in [0.3, 0.4) is 0 Å². The standard InChI is InChI=1S/C32H53N3O8/c1-12-21(4)27(24(41-11)18-25(37)43-32(6,7)8)34(9)26(20(2)3)29(38)33-30(39)28(22(5)36)35(10)31(40)42-19-23-16-14-13-15-17-23/h13-17,20-22,24,26-28,36H,12,18-19H2,1-11H3,(H,33,38,39)/t21-,22+,24+,26-,27-,28-/m0/s1. The zero-order chi connectivity index (χ0) is 33.1.